The van der Waals surface area contributed by atoms with Gasteiger partial charge in [0.2, 0.25) is 17.6 Å². The summed E-state index contributed by atoms with van der Waals surface area (Å²) in [6, 6.07) is 2.80. The lowest BCUT2D eigenvalue weighted by Gasteiger charge is -2.29. The summed E-state index contributed by atoms with van der Waals surface area (Å²) >= 11 is 0. The van der Waals surface area contributed by atoms with Gasteiger partial charge in [-0.15, -0.1) is 0 Å². The number of methoxy groups -OCH3 is 1. The first-order valence-corrected chi connectivity index (χ1v) is 8.81. The minimum absolute atomic E-state index is 0.0147. The van der Waals surface area contributed by atoms with E-state index in [0.717, 1.165) is 0 Å². The van der Waals surface area contributed by atoms with Crippen molar-refractivity contribution in [2.75, 3.05) is 17.7 Å². The summed E-state index contributed by atoms with van der Waals surface area (Å²) in [5, 5.41) is 5.37. The zero-order chi connectivity index (χ0) is 21.2. The fourth-order valence-electron chi connectivity index (χ4n) is 2.60. The van der Waals surface area contributed by atoms with E-state index in [1.807, 2.05) is 0 Å². The molecule has 1 aliphatic rings. The number of aromatic nitrogens is 3. The second-order valence-corrected chi connectivity index (χ2v) is 6.69. The van der Waals surface area contributed by atoms with Crippen molar-refractivity contribution in [3.05, 3.63) is 24.2 Å². The number of amides is 1. The monoisotopic (exact) mass is 411 g/mol. The van der Waals surface area contributed by atoms with Gasteiger partial charge in [-0.3, -0.25) is 4.79 Å². The van der Waals surface area contributed by atoms with E-state index in [1.165, 1.54) is 32.4 Å². The minimum Gasteiger partial charge on any atom is -0.493 e. The van der Waals surface area contributed by atoms with Crippen LogP contribution >= 0.6 is 0 Å². The molecule has 2 N–H and O–H groups in total. The number of pyridine rings is 1. The smallest absolute Gasteiger partial charge is 0.304 e. The zero-order valence-corrected chi connectivity index (χ0v) is 16.0. The first kappa shape index (κ1) is 20.6. The molecule has 0 spiro atoms. The first-order valence-electron chi connectivity index (χ1n) is 8.81. The molecule has 0 unspecified atom stereocenters. The maximum absolute atomic E-state index is 13.9. The number of nitrogens with one attached hydrogen (secondary N) is 2. The average molecular weight is 411 g/mol. The Labute approximate surface area is 164 Å². The number of carbonyl (C=O) groups excluding carboxylic acids is 1. The van der Waals surface area contributed by atoms with Crippen molar-refractivity contribution < 1.29 is 27.4 Å². The maximum Gasteiger partial charge on any atom is 0.304 e. The Morgan fingerprint density at radius 3 is 2.55 bits per heavy atom. The van der Waals surface area contributed by atoms with Gasteiger partial charge in [-0.05, 0) is 0 Å². The van der Waals surface area contributed by atoms with Crippen LogP contribution in [0.25, 0.3) is 0 Å². The van der Waals surface area contributed by atoms with Gasteiger partial charge in [0.15, 0.2) is 5.75 Å². The van der Waals surface area contributed by atoms with Crippen molar-refractivity contribution in [3.63, 3.8) is 0 Å². The molecule has 0 radical (unpaired) electrons. The summed E-state index contributed by atoms with van der Waals surface area (Å²) < 4.78 is 51.4. The van der Waals surface area contributed by atoms with Gasteiger partial charge >= 0.3 is 5.92 Å². The molecular formula is C18H20F3N5O3. The van der Waals surface area contributed by atoms with Gasteiger partial charge in [0.05, 0.1) is 19.0 Å². The summed E-state index contributed by atoms with van der Waals surface area (Å²) in [5.41, 5.74) is 0.328. The Balaban J connectivity index is 1.92. The summed E-state index contributed by atoms with van der Waals surface area (Å²) in [6.07, 6.45) is 0.343. The van der Waals surface area contributed by atoms with Crippen LogP contribution in [0.1, 0.15) is 32.5 Å². The van der Waals surface area contributed by atoms with E-state index in [-0.39, 0.29) is 36.3 Å². The second kappa shape index (κ2) is 8.10. The summed E-state index contributed by atoms with van der Waals surface area (Å²) in [5.74, 6) is -3.94. The van der Waals surface area contributed by atoms with Crippen LogP contribution in [0, 0.1) is 0 Å². The van der Waals surface area contributed by atoms with E-state index in [0.29, 0.717) is 18.4 Å². The van der Waals surface area contributed by atoms with E-state index in [9.17, 15) is 18.0 Å². The number of hydrogen-bond donors (Lipinski definition) is 2. The first-order chi connectivity index (χ1) is 13.6. The normalized spacial score (nSPS) is 18.6. The maximum atomic E-state index is 13.9. The highest BCUT2D eigenvalue weighted by Crippen LogP contribution is 2.33. The van der Waals surface area contributed by atoms with Crippen LogP contribution in [0.4, 0.5) is 30.5 Å². The fraction of sp³-hybridized carbons (Fsp3) is 0.444. The molecule has 1 fully saturated rings. The van der Waals surface area contributed by atoms with Gasteiger partial charge in [0.1, 0.15) is 23.9 Å². The molecule has 1 saturated carbocycles. The van der Waals surface area contributed by atoms with Gasteiger partial charge < -0.3 is 20.1 Å². The number of nitrogens with zero attached hydrogens (tertiary/aromatic N) is 3. The summed E-state index contributed by atoms with van der Waals surface area (Å²) in [4.78, 5) is 22.9. The second-order valence-electron chi connectivity index (χ2n) is 6.69. The Bertz CT molecular complexity index is 901. The van der Waals surface area contributed by atoms with Gasteiger partial charge in [-0.25, -0.2) is 14.4 Å². The van der Waals surface area contributed by atoms with Crippen molar-refractivity contribution in [2.24, 2.45) is 0 Å². The highest BCUT2D eigenvalue weighted by molar-refractivity contribution is 5.88. The standard InChI is InChI=1S/C18H20F3N5O3/c1-9(27)23-14-6-12(13(28-3)8-22-14)24-15-7-16(29-11-4-10(19)5-11)26-17(25-15)18(2,20)21/h6-8,10-11H,4-5H2,1-3H3,(H2,22,23,24,25,26,27). The number of alkyl halides is 3. The number of halogens is 3. The van der Waals surface area contributed by atoms with Gasteiger partial charge in [0, 0.05) is 38.8 Å². The topological polar surface area (TPSA) is 98.3 Å². The molecule has 0 aliphatic heterocycles. The summed E-state index contributed by atoms with van der Waals surface area (Å²) in [6.45, 7) is 1.99. The molecule has 3 rings (SSSR count). The zero-order valence-electron chi connectivity index (χ0n) is 16.0. The molecule has 2 aromatic heterocycles. The highest BCUT2D eigenvalue weighted by Gasteiger charge is 2.33. The number of anilines is 3. The molecule has 8 nitrogen and oxygen atoms in total. The predicted molar refractivity (Wildman–Crippen MR) is 98.5 cm³/mol. The predicted octanol–water partition coefficient (Wildman–Crippen LogP) is 3.57. The molecule has 156 valence electrons. The van der Waals surface area contributed by atoms with Crippen LogP contribution in [0.2, 0.25) is 0 Å². The lowest BCUT2D eigenvalue weighted by molar-refractivity contribution is -0.114. The molecule has 2 heterocycles. The van der Waals surface area contributed by atoms with E-state index < -0.39 is 24.0 Å². The Hall–Kier alpha value is -3.11. The van der Waals surface area contributed by atoms with Crippen LogP contribution in [-0.2, 0) is 10.7 Å². The van der Waals surface area contributed by atoms with Gasteiger partial charge in [-0.1, -0.05) is 0 Å². The van der Waals surface area contributed by atoms with Crippen LogP contribution < -0.4 is 20.1 Å². The number of ether oxygens (including phenoxy) is 2. The van der Waals surface area contributed by atoms with Gasteiger partial charge in [0.25, 0.3) is 0 Å². The third-order valence-electron chi connectivity index (χ3n) is 4.07. The molecule has 0 aromatic carbocycles. The minimum atomic E-state index is -3.32. The highest BCUT2D eigenvalue weighted by atomic mass is 19.3. The lowest BCUT2D eigenvalue weighted by atomic mass is 9.94. The Morgan fingerprint density at radius 1 is 1.24 bits per heavy atom. The van der Waals surface area contributed by atoms with Crippen molar-refractivity contribution in [2.45, 2.75) is 44.9 Å². The largest absolute Gasteiger partial charge is 0.493 e. The van der Waals surface area contributed by atoms with Crippen LogP contribution in [0.15, 0.2) is 18.3 Å². The molecule has 29 heavy (non-hydrogen) atoms. The van der Waals surface area contributed by atoms with Crippen molar-refractivity contribution >= 4 is 23.2 Å². The fourth-order valence-corrected chi connectivity index (χ4v) is 2.60. The third kappa shape index (κ3) is 5.24. The van der Waals surface area contributed by atoms with Crippen LogP contribution in [0.3, 0.4) is 0 Å². The van der Waals surface area contributed by atoms with Crippen molar-refractivity contribution in [1.82, 2.24) is 15.0 Å². The molecule has 0 atom stereocenters. The van der Waals surface area contributed by atoms with Crippen LogP contribution in [-0.4, -0.2) is 40.2 Å². The third-order valence-corrected chi connectivity index (χ3v) is 4.07. The van der Waals surface area contributed by atoms with E-state index in [1.54, 1.807) is 0 Å². The molecule has 2 aromatic rings. The number of hydrogen-bond acceptors (Lipinski definition) is 7. The quantitative estimate of drug-likeness (QED) is 0.719. The molecule has 1 aliphatic carbocycles. The number of carbonyl (C=O) groups is 1. The SMILES string of the molecule is COc1cnc(NC(C)=O)cc1Nc1cc(OC2CC(F)C2)nc(C(C)(F)F)n1. The molecule has 1 amide bonds. The van der Waals surface area contributed by atoms with Gasteiger partial charge in [-0.2, -0.15) is 13.8 Å². The Morgan fingerprint density at radius 2 is 1.97 bits per heavy atom. The molecule has 11 heteroatoms. The molecule has 0 bridgehead atoms. The Kier molecular flexibility index (Phi) is 5.76. The lowest BCUT2D eigenvalue weighted by Crippen LogP contribution is -2.35. The van der Waals surface area contributed by atoms with Crippen LogP contribution in [0.5, 0.6) is 11.6 Å². The summed E-state index contributed by atoms with van der Waals surface area (Å²) in [7, 11) is 1.41. The molecule has 0 saturated heterocycles. The molecular weight excluding hydrogens is 391 g/mol. The van der Waals surface area contributed by atoms with Crippen molar-refractivity contribution in [1.29, 1.82) is 0 Å². The van der Waals surface area contributed by atoms with E-state index >= 15 is 0 Å². The van der Waals surface area contributed by atoms with E-state index in [2.05, 4.69) is 25.6 Å². The number of rotatable bonds is 7. The average Bonchev–Trinajstić information content (AvgIpc) is 2.59. The van der Waals surface area contributed by atoms with E-state index in [4.69, 9.17) is 9.47 Å². The van der Waals surface area contributed by atoms with Crippen molar-refractivity contribution in [3.8, 4) is 11.6 Å².